The van der Waals surface area contributed by atoms with Gasteiger partial charge in [-0.3, -0.25) is 9.59 Å². The molecule has 24 heavy (non-hydrogen) atoms. The molecule has 4 nitrogen and oxygen atoms in total. The van der Waals surface area contributed by atoms with Crippen LogP contribution in [-0.4, -0.2) is 11.8 Å². The fourth-order valence-electron chi connectivity index (χ4n) is 2.49. The summed E-state index contributed by atoms with van der Waals surface area (Å²) in [6, 6.07) is 14.1. The highest BCUT2D eigenvalue weighted by Gasteiger charge is 2.56. The molecule has 0 spiro atoms. The minimum atomic E-state index is -0.996. The van der Waals surface area contributed by atoms with Gasteiger partial charge in [0, 0.05) is 22.3 Å². The van der Waals surface area contributed by atoms with Crippen LogP contribution in [0, 0.1) is 5.41 Å². The Bertz CT molecular complexity index is 788. The fourth-order valence-corrected chi connectivity index (χ4v) is 2.88. The molecule has 1 saturated carbocycles. The van der Waals surface area contributed by atoms with Gasteiger partial charge in [0.2, 0.25) is 11.8 Å². The molecule has 0 heterocycles. The van der Waals surface area contributed by atoms with Gasteiger partial charge in [0.25, 0.3) is 0 Å². The average Bonchev–Trinajstić information content (AvgIpc) is 3.36. The monoisotopic (exact) mass is 362 g/mol. The summed E-state index contributed by atoms with van der Waals surface area (Å²) in [4.78, 5) is 25.0. The maximum atomic E-state index is 12.5. The first-order valence-electron chi connectivity index (χ1n) is 7.60. The second-order valence-corrected chi connectivity index (χ2v) is 6.66. The van der Waals surface area contributed by atoms with Crippen LogP contribution in [0.3, 0.4) is 0 Å². The Labute approximate surface area is 150 Å². The Hall–Kier alpha value is -2.04. The van der Waals surface area contributed by atoms with Gasteiger partial charge >= 0.3 is 0 Å². The van der Waals surface area contributed by atoms with Crippen LogP contribution in [0.5, 0.6) is 0 Å². The van der Waals surface area contributed by atoms with Gasteiger partial charge in [-0.05, 0) is 42.7 Å². The summed E-state index contributed by atoms with van der Waals surface area (Å²) >= 11 is 12.0. The van der Waals surface area contributed by atoms with E-state index >= 15 is 0 Å². The van der Waals surface area contributed by atoms with Crippen molar-refractivity contribution in [2.45, 2.75) is 19.4 Å². The van der Waals surface area contributed by atoms with Crippen LogP contribution in [-0.2, 0) is 16.1 Å². The van der Waals surface area contributed by atoms with E-state index < -0.39 is 5.41 Å². The van der Waals surface area contributed by atoms with E-state index in [1.807, 2.05) is 18.2 Å². The maximum absolute atomic E-state index is 12.5. The number of nitrogens with one attached hydrogen (secondary N) is 2. The molecule has 3 rings (SSSR count). The minimum Gasteiger partial charge on any atom is -0.351 e. The van der Waals surface area contributed by atoms with E-state index in [1.165, 1.54) is 0 Å². The van der Waals surface area contributed by atoms with Crippen molar-refractivity contribution in [3.63, 3.8) is 0 Å². The standard InChI is InChI=1S/C18H16Cl2N2O2/c19-13-5-3-6-14(10-13)22-17(24)18(8-9-18)16(23)21-11-12-4-1-2-7-15(12)20/h1-7,10H,8-9,11H2,(H,21,23)(H,22,24). The predicted octanol–water partition coefficient (Wildman–Crippen LogP) is 4.03. The number of amides is 2. The van der Waals surface area contributed by atoms with Crippen molar-refractivity contribution in [3.05, 3.63) is 64.1 Å². The highest BCUT2D eigenvalue weighted by Crippen LogP contribution is 2.47. The van der Waals surface area contributed by atoms with Gasteiger partial charge in [-0.25, -0.2) is 0 Å². The molecular formula is C18H16Cl2N2O2. The van der Waals surface area contributed by atoms with E-state index in [9.17, 15) is 9.59 Å². The number of hydrogen-bond acceptors (Lipinski definition) is 2. The van der Waals surface area contributed by atoms with Crippen LogP contribution < -0.4 is 10.6 Å². The quantitative estimate of drug-likeness (QED) is 0.788. The molecule has 1 aliphatic carbocycles. The Kier molecular flexibility index (Phi) is 4.78. The zero-order chi connectivity index (χ0) is 17.2. The van der Waals surface area contributed by atoms with Gasteiger partial charge in [-0.2, -0.15) is 0 Å². The largest absolute Gasteiger partial charge is 0.351 e. The highest BCUT2D eigenvalue weighted by atomic mass is 35.5. The minimum absolute atomic E-state index is 0.276. The molecule has 0 bridgehead atoms. The average molecular weight is 363 g/mol. The van der Waals surface area contributed by atoms with Gasteiger partial charge in [-0.1, -0.05) is 47.5 Å². The van der Waals surface area contributed by atoms with Crippen LogP contribution in [0.4, 0.5) is 5.69 Å². The Balaban J connectivity index is 1.63. The molecule has 0 aliphatic heterocycles. The zero-order valence-electron chi connectivity index (χ0n) is 12.8. The summed E-state index contributed by atoms with van der Waals surface area (Å²) in [6.07, 6.45) is 1.07. The predicted molar refractivity (Wildman–Crippen MR) is 95.0 cm³/mol. The van der Waals surface area contributed by atoms with Crippen LogP contribution in [0.25, 0.3) is 0 Å². The van der Waals surface area contributed by atoms with Gasteiger partial charge in [0.05, 0.1) is 0 Å². The van der Waals surface area contributed by atoms with Crippen LogP contribution >= 0.6 is 23.2 Å². The first kappa shape index (κ1) is 16.8. The zero-order valence-corrected chi connectivity index (χ0v) is 14.3. The van der Waals surface area contributed by atoms with Crippen molar-refractivity contribution in [1.82, 2.24) is 5.32 Å². The first-order chi connectivity index (χ1) is 11.5. The number of benzene rings is 2. The Morgan fingerprint density at radius 1 is 1.00 bits per heavy atom. The lowest BCUT2D eigenvalue weighted by Gasteiger charge is -2.16. The first-order valence-corrected chi connectivity index (χ1v) is 8.36. The summed E-state index contributed by atoms with van der Waals surface area (Å²) < 4.78 is 0. The molecule has 2 aromatic rings. The van der Waals surface area contributed by atoms with E-state index in [2.05, 4.69) is 10.6 Å². The van der Waals surface area contributed by atoms with E-state index in [0.29, 0.717) is 35.1 Å². The van der Waals surface area contributed by atoms with E-state index in [1.54, 1.807) is 30.3 Å². The summed E-state index contributed by atoms with van der Waals surface area (Å²) in [7, 11) is 0. The third-order valence-electron chi connectivity index (χ3n) is 4.10. The lowest BCUT2D eigenvalue weighted by Crippen LogP contribution is -2.39. The van der Waals surface area contributed by atoms with Gasteiger partial charge in [0.1, 0.15) is 5.41 Å². The molecule has 0 radical (unpaired) electrons. The number of anilines is 1. The van der Waals surface area contributed by atoms with E-state index in [4.69, 9.17) is 23.2 Å². The number of carbonyl (C=O) groups is 2. The Morgan fingerprint density at radius 3 is 2.42 bits per heavy atom. The number of carbonyl (C=O) groups excluding carboxylic acids is 2. The molecule has 2 amide bonds. The van der Waals surface area contributed by atoms with Crippen LogP contribution in [0.15, 0.2) is 48.5 Å². The van der Waals surface area contributed by atoms with Gasteiger partial charge in [0.15, 0.2) is 0 Å². The summed E-state index contributed by atoms with van der Waals surface area (Å²) in [5.74, 6) is -0.580. The van der Waals surface area contributed by atoms with Gasteiger partial charge in [-0.15, -0.1) is 0 Å². The highest BCUT2D eigenvalue weighted by molar-refractivity contribution is 6.31. The molecule has 0 aromatic heterocycles. The third-order valence-corrected chi connectivity index (χ3v) is 4.70. The van der Waals surface area contributed by atoms with Crippen molar-refractivity contribution in [3.8, 4) is 0 Å². The summed E-state index contributed by atoms with van der Waals surface area (Å²) in [6.45, 7) is 0.296. The molecule has 124 valence electrons. The van der Waals surface area contributed by atoms with E-state index in [-0.39, 0.29) is 11.8 Å². The van der Waals surface area contributed by atoms with Crippen molar-refractivity contribution >= 4 is 40.7 Å². The molecule has 1 fully saturated rings. The summed E-state index contributed by atoms with van der Waals surface area (Å²) in [5, 5.41) is 6.69. The molecule has 2 N–H and O–H groups in total. The summed E-state index contributed by atoms with van der Waals surface area (Å²) in [5.41, 5.74) is 0.403. The molecule has 0 atom stereocenters. The van der Waals surface area contributed by atoms with Crippen LogP contribution in [0.1, 0.15) is 18.4 Å². The van der Waals surface area contributed by atoms with Crippen molar-refractivity contribution in [1.29, 1.82) is 0 Å². The lowest BCUT2D eigenvalue weighted by atomic mass is 10.0. The molecule has 1 aliphatic rings. The molecular weight excluding hydrogens is 347 g/mol. The smallest absolute Gasteiger partial charge is 0.240 e. The topological polar surface area (TPSA) is 58.2 Å². The van der Waals surface area contributed by atoms with E-state index in [0.717, 1.165) is 5.56 Å². The lowest BCUT2D eigenvalue weighted by molar-refractivity contribution is -0.134. The number of hydrogen-bond donors (Lipinski definition) is 2. The van der Waals surface area contributed by atoms with Crippen LogP contribution in [0.2, 0.25) is 10.0 Å². The Morgan fingerprint density at radius 2 is 1.75 bits per heavy atom. The maximum Gasteiger partial charge on any atom is 0.240 e. The number of halogens is 2. The molecule has 0 unspecified atom stereocenters. The molecule has 2 aromatic carbocycles. The van der Waals surface area contributed by atoms with Gasteiger partial charge < -0.3 is 10.6 Å². The normalized spacial score (nSPS) is 14.8. The number of rotatable bonds is 5. The SMILES string of the molecule is O=C(NCc1ccccc1Cl)C1(C(=O)Nc2cccc(Cl)c2)CC1. The van der Waals surface area contributed by atoms with Crippen molar-refractivity contribution < 1.29 is 9.59 Å². The third kappa shape index (κ3) is 3.55. The molecule has 6 heteroatoms. The second-order valence-electron chi connectivity index (χ2n) is 5.82. The fraction of sp³-hybridized carbons (Fsp3) is 0.222. The van der Waals surface area contributed by atoms with Crippen molar-refractivity contribution in [2.24, 2.45) is 5.41 Å². The van der Waals surface area contributed by atoms with Crippen molar-refractivity contribution in [2.75, 3.05) is 5.32 Å². The second kappa shape index (κ2) is 6.83. The molecule has 0 saturated heterocycles.